The molecule has 0 aromatic heterocycles. The van der Waals surface area contributed by atoms with Crippen molar-refractivity contribution in [3.63, 3.8) is 0 Å². The van der Waals surface area contributed by atoms with Crippen molar-refractivity contribution in [3.05, 3.63) is 77.9 Å². The Hall–Kier alpha value is -2.92. The Labute approximate surface area is 159 Å². The Morgan fingerprint density at radius 1 is 1.00 bits per heavy atom. The first kappa shape index (κ1) is 18.9. The third kappa shape index (κ3) is 4.26. The summed E-state index contributed by atoms with van der Waals surface area (Å²) in [5, 5.41) is 2.06. The molecular weight excluding hydrogens is 360 g/mol. The van der Waals surface area contributed by atoms with Crippen LogP contribution >= 0.6 is 0 Å². The minimum absolute atomic E-state index is 0.190. The maximum absolute atomic E-state index is 12.5. The Balaban J connectivity index is 1.95. The maximum Gasteiger partial charge on any atom is 0.185 e. The highest BCUT2D eigenvalue weighted by Gasteiger charge is 2.10. The van der Waals surface area contributed by atoms with E-state index in [4.69, 9.17) is 4.74 Å². The number of hydrogen-bond acceptors (Lipinski definition) is 4. The summed E-state index contributed by atoms with van der Waals surface area (Å²) in [4.78, 5) is 12.7. The van der Waals surface area contributed by atoms with E-state index in [0.717, 1.165) is 22.6 Å². The average Bonchev–Trinajstić information content (AvgIpc) is 2.66. The molecule has 0 spiro atoms. The summed E-state index contributed by atoms with van der Waals surface area (Å²) in [6.07, 6.45) is 4.37. The zero-order valence-electron chi connectivity index (χ0n) is 15.2. The summed E-state index contributed by atoms with van der Waals surface area (Å²) in [7, 11) is -3.28. The highest BCUT2D eigenvalue weighted by molar-refractivity contribution is 7.90. The summed E-state index contributed by atoms with van der Waals surface area (Å²) in [6, 6.07) is 17.7. The third-order valence-corrected chi connectivity index (χ3v) is 5.33. The molecule has 27 heavy (non-hydrogen) atoms. The number of ketones is 1. The molecule has 0 saturated carbocycles. The summed E-state index contributed by atoms with van der Waals surface area (Å²) in [5.41, 5.74) is 1.27. The van der Waals surface area contributed by atoms with Crippen LogP contribution in [0.15, 0.2) is 71.6 Å². The van der Waals surface area contributed by atoms with E-state index >= 15 is 0 Å². The normalized spacial score (nSPS) is 11.8. The number of fused-ring (bicyclic) bond motifs is 1. The van der Waals surface area contributed by atoms with E-state index in [0.29, 0.717) is 17.9 Å². The first-order chi connectivity index (χ1) is 12.9. The second-order valence-corrected chi connectivity index (χ2v) is 8.14. The smallest absolute Gasteiger partial charge is 0.185 e. The van der Waals surface area contributed by atoms with Gasteiger partial charge in [-0.2, -0.15) is 0 Å². The van der Waals surface area contributed by atoms with E-state index in [1.54, 1.807) is 6.08 Å². The summed E-state index contributed by atoms with van der Waals surface area (Å²) in [5.74, 6) is 0.512. The number of carbonyl (C=O) groups is 1. The van der Waals surface area contributed by atoms with E-state index in [1.807, 2.05) is 43.3 Å². The van der Waals surface area contributed by atoms with E-state index in [1.165, 1.54) is 30.3 Å². The standard InChI is InChI=1S/C22H20O4S/c1-3-26-22-15-10-16-6-4-5-7-19(16)20(22)13-14-21(23)17-8-11-18(12-9-17)27(2,24)25/h4-15H,3H2,1-2H3/b14-13+. The lowest BCUT2D eigenvalue weighted by Crippen LogP contribution is -1.99. The van der Waals surface area contributed by atoms with Crippen LogP contribution in [0.2, 0.25) is 0 Å². The highest BCUT2D eigenvalue weighted by Crippen LogP contribution is 2.29. The fraction of sp³-hybridized carbons (Fsp3) is 0.136. The van der Waals surface area contributed by atoms with E-state index < -0.39 is 9.84 Å². The molecule has 3 aromatic carbocycles. The van der Waals surface area contributed by atoms with Crippen LogP contribution < -0.4 is 4.74 Å². The second kappa shape index (κ2) is 7.76. The van der Waals surface area contributed by atoms with Gasteiger partial charge in [-0.05, 0) is 60.2 Å². The van der Waals surface area contributed by atoms with Crippen LogP contribution in [0.5, 0.6) is 5.75 Å². The number of allylic oxidation sites excluding steroid dienone is 1. The number of rotatable bonds is 6. The zero-order chi connectivity index (χ0) is 19.4. The molecule has 3 aromatic rings. The van der Waals surface area contributed by atoms with Crippen molar-refractivity contribution < 1.29 is 17.9 Å². The molecule has 138 valence electrons. The topological polar surface area (TPSA) is 60.4 Å². The summed E-state index contributed by atoms with van der Waals surface area (Å²) in [6.45, 7) is 2.44. The fourth-order valence-electron chi connectivity index (χ4n) is 2.85. The monoisotopic (exact) mass is 380 g/mol. The van der Waals surface area contributed by atoms with Gasteiger partial charge in [0.05, 0.1) is 11.5 Å². The molecular formula is C22H20O4S. The van der Waals surface area contributed by atoms with Crippen LogP contribution in [0.3, 0.4) is 0 Å². The molecule has 0 fully saturated rings. The molecule has 0 aliphatic carbocycles. The molecule has 4 nitrogen and oxygen atoms in total. The Bertz CT molecular complexity index is 1110. The van der Waals surface area contributed by atoms with Crippen molar-refractivity contribution in [2.24, 2.45) is 0 Å². The maximum atomic E-state index is 12.5. The van der Waals surface area contributed by atoms with Crippen molar-refractivity contribution in [2.75, 3.05) is 12.9 Å². The lowest BCUT2D eigenvalue weighted by molar-refractivity contribution is 0.104. The van der Waals surface area contributed by atoms with Gasteiger partial charge in [0.1, 0.15) is 5.75 Å². The van der Waals surface area contributed by atoms with Gasteiger partial charge in [-0.1, -0.05) is 30.3 Å². The Morgan fingerprint density at radius 2 is 1.70 bits per heavy atom. The first-order valence-electron chi connectivity index (χ1n) is 8.57. The summed E-state index contributed by atoms with van der Waals surface area (Å²) < 4.78 is 28.8. The van der Waals surface area contributed by atoms with Crippen molar-refractivity contribution in [2.45, 2.75) is 11.8 Å². The molecule has 0 amide bonds. The molecule has 0 aliphatic heterocycles. The van der Waals surface area contributed by atoms with Gasteiger partial charge in [0.2, 0.25) is 0 Å². The Kier molecular flexibility index (Phi) is 5.42. The first-order valence-corrected chi connectivity index (χ1v) is 10.5. The third-order valence-electron chi connectivity index (χ3n) is 4.20. The SMILES string of the molecule is CCOc1ccc2ccccc2c1/C=C/C(=O)c1ccc(S(C)(=O)=O)cc1. The van der Waals surface area contributed by atoms with E-state index in [-0.39, 0.29) is 10.7 Å². The van der Waals surface area contributed by atoms with Gasteiger partial charge in [0, 0.05) is 17.4 Å². The highest BCUT2D eigenvalue weighted by atomic mass is 32.2. The van der Waals surface area contributed by atoms with Crippen molar-refractivity contribution in [3.8, 4) is 5.75 Å². The van der Waals surface area contributed by atoms with Crippen molar-refractivity contribution in [1.82, 2.24) is 0 Å². The van der Waals surface area contributed by atoms with Gasteiger partial charge >= 0.3 is 0 Å². The van der Waals surface area contributed by atoms with Gasteiger partial charge < -0.3 is 4.74 Å². The number of sulfone groups is 1. The molecule has 0 heterocycles. The average molecular weight is 380 g/mol. The lowest BCUT2D eigenvalue weighted by Gasteiger charge is -2.10. The minimum Gasteiger partial charge on any atom is -0.493 e. The molecule has 0 radical (unpaired) electrons. The molecule has 0 saturated heterocycles. The van der Waals surface area contributed by atoms with Gasteiger partial charge in [-0.3, -0.25) is 4.79 Å². The van der Waals surface area contributed by atoms with Crippen LogP contribution in [0.25, 0.3) is 16.8 Å². The van der Waals surface area contributed by atoms with Gasteiger partial charge in [-0.15, -0.1) is 0 Å². The zero-order valence-corrected chi connectivity index (χ0v) is 16.0. The molecule has 0 atom stereocenters. The fourth-order valence-corrected chi connectivity index (χ4v) is 3.48. The van der Waals surface area contributed by atoms with Gasteiger partial charge in [0.25, 0.3) is 0 Å². The van der Waals surface area contributed by atoms with Crippen LogP contribution in [-0.2, 0) is 9.84 Å². The largest absolute Gasteiger partial charge is 0.493 e. The van der Waals surface area contributed by atoms with Crippen LogP contribution in [0.1, 0.15) is 22.8 Å². The van der Waals surface area contributed by atoms with Crippen molar-refractivity contribution >= 4 is 32.5 Å². The Morgan fingerprint density at radius 3 is 2.37 bits per heavy atom. The molecule has 0 aliphatic rings. The quantitative estimate of drug-likeness (QED) is 0.465. The predicted octanol–water partition coefficient (Wildman–Crippen LogP) is 4.54. The number of carbonyl (C=O) groups excluding carboxylic acids is 1. The summed E-state index contributed by atoms with van der Waals surface area (Å²) >= 11 is 0. The van der Waals surface area contributed by atoms with Gasteiger partial charge in [-0.25, -0.2) is 8.42 Å². The van der Waals surface area contributed by atoms with Crippen LogP contribution in [0.4, 0.5) is 0 Å². The molecule has 5 heteroatoms. The van der Waals surface area contributed by atoms with Crippen LogP contribution in [0, 0.1) is 0 Å². The lowest BCUT2D eigenvalue weighted by atomic mass is 10.0. The minimum atomic E-state index is -3.28. The predicted molar refractivity (Wildman–Crippen MR) is 108 cm³/mol. The van der Waals surface area contributed by atoms with E-state index in [2.05, 4.69) is 0 Å². The van der Waals surface area contributed by atoms with Gasteiger partial charge in [0.15, 0.2) is 15.6 Å². The van der Waals surface area contributed by atoms with Crippen molar-refractivity contribution in [1.29, 1.82) is 0 Å². The van der Waals surface area contributed by atoms with Crippen LogP contribution in [-0.4, -0.2) is 27.1 Å². The van der Waals surface area contributed by atoms with E-state index in [9.17, 15) is 13.2 Å². The molecule has 0 unspecified atom stereocenters. The molecule has 0 bridgehead atoms. The molecule has 0 N–H and O–H groups in total. The molecule has 3 rings (SSSR count). The number of benzene rings is 3. The second-order valence-electron chi connectivity index (χ2n) is 6.13. The number of ether oxygens (including phenoxy) is 1. The number of hydrogen-bond donors (Lipinski definition) is 0.